The Bertz CT molecular complexity index is 704. The van der Waals surface area contributed by atoms with E-state index in [1.807, 2.05) is 0 Å². The zero-order valence-electron chi connectivity index (χ0n) is 10.8. The second kappa shape index (κ2) is 5.74. The number of nitrogens with two attached hydrogens (primary N) is 1. The molecule has 2 rings (SSSR count). The first-order chi connectivity index (χ1) is 9.92. The van der Waals surface area contributed by atoms with Gasteiger partial charge in [-0.15, -0.1) is 0 Å². The smallest absolute Gasteiger partial charge is 0.340 e. The molecular formula is C14H10F3NO3. The highest BCUT2D eigenvalue weighted by atomic mass is 19.1. The molecule has 0 amide bonds. The molecule has 0 aliphatic carbocycles. The number of carbonyl (C=O) groups excluding carboxylic acids is 1. The highest BCUT2D eigenvalue weighted by Crippen LogP contribution is 2.30. The van der Waals surface area contributed by atoms with Crippen molar-refractivity contribution in [3.63, 3.8) is 0 Å². The number of ether oxygens (including phenoxy) is 2. The largest absolute Gasteiger partial charge is 0.465 e. The van der Waals surface area contributed by atoms with Crippen LogP contribution in [-0.4, -0.2) is 13.1 Å². The lowest BCUT2D eigenvalue weighted by atomic mass is 10.1. The molecule has 2 aromatic rings. The van der Waals surface area contributed by atoms with E-state index in [0.717, 1.165) is 31.4 Å². The molecule has 0 bridgehead atoms. The van der Waals surface area contributed by atoms with Gasteiger partial charge in [0.2, 0.25) is 0 Å². The molecule has 0 radical (unpaired) electrons. The average Bonchev–Trinajstić information content (AvgIpc) is 2.43. The first-order valence-electron chi connectivity index (χ1n) is 5.72. The van der Waals surface area contributed by atoms with E-state index in [2.05, 4.69) is 4.74 Å². The molecule has 0 saturated carbocycles. The van der Waals surface area contributed by atoms with Crippen molar-refractivity contribution in [3.8, 4) is 11.5 Å². The number of hydrogen-bond acceptors (Lipinski definition) is 4. The molecule has 0 atom stereocenters. The Morgan fingerprint density at radius 2 is 1.71 bits per heavy atom. The molecule has 2 aromatic carbocycles. The van der Waals surface area contributed by atoms with Crippen LogP contribution in [0.4, 0.5) is 18.9 Å². The second-order valence-electron chi connectivity index (χ2n) is 4.04. The summed E-state index contributed by atoms with van der Waals surface area (Å²) in [6.07, 6.45) is 0. The quantitative estimate of drug-likeness (QED) is 0.697. The van der Waals surface area contributed by atoms with Gasteiger partial charge in [-0.3, -0.25) is 0 Å². The Morgan fingerprint density at radius 3 is 2.33 bits per heavy atom. The fraction of sp³-hybridized carbons (Fsp3) is 0.0714. The first kappa shape index (κ1) is 14.7. The van der Waals surface area contributed by atoms with Crippen LogP contribution in [0.3, 0.4) is 0 Å². The standard InChI is InChI=1S/C14H10F3NO3/c1-20-14(19)8-5-13(10(17)6-11(8)18)21-12-3-2-7(15)4-9(12)16/h2-6H,18H2,1H3. The van der Waals surface area contributed by atoms with E-state index in [-0.39, 0.29) is 11.3 Å². The van der Waals surface area contributed by atoms with E-state index in [4.69, 9.17) is 10.5 Å². The zero-order chi connectivity index (χ0) is 15.6. The van der Waals surface area contributed by atoms with Crippen LogP contribution in [0.15, 0.2) is 30.3 Å². The molecule has 0 aliphatic heterocycles. The van der Waals surface area contributed by atoms with Crippen LogP contribution in [0.5, 0.6) is 11.5 Å². The lowest BCUT2D eigenvalue weighted by Gasteiger charge is -2.11. The summed E-state index contributed by atoms with van der Waals surface area (Å²) in [6, 6.07) is 4.38. The molecule has 4 nitrogen and oxygen atoms in total. The van der Waals surface area contributed by atoms with Gasteiger partial charge in [-0.05, 0) is 12.1 Å². The third-order valence-electron chi connectivity index (χ3n) is 2.62. The number of benzene rings is 2. The summed E-state index contributed by atoms with van der Waals surface area (Å²) in [5.74, 6) is -4.33. The summed E-state index contributed by atoms with van der Waals surface area (Å²) in [7, 11) is 1.13. The molecule has 21 heavy (non-hydrogen) atoms. The number of rotatable bonds is 3. The van der Waals surface area contributed by atoms with Gasteiger partial charge in [0.1, 0.15) is 5.82 Å². The van der Waals surface area contributed by atoms with Crippen molar-refractivity contribution in [3.05, 3.63) is 53.3 Å². The molecular weight excluding hydrogens is 287 g/mol. The number of nitrogen functional groups attached to an aromatic ring is 1. The van der Waals surface area contributed by atoms with Gasteiger partial charge in [0.15, 0.2) is 23.1 Å². The van der Waals surface area contributed by atoms with Crippen LogP contribution >= 0.6 is 0 Å². The van der Waals surface area contributed by atoms with Crippen molar-refractivity contribution in [1.82, 2.24) is 0 Å². The summed E-state index contributed by atoms with van der Waals surface area (Å²) >= 11 is 0. The SMILES string of the molecule is COC(=O)c1cc(Oc2ccc(F)cc2F)c(F)cc1N. The van der Waals surface area contributed by atoms with Gasteiger partial charge < -0.3 is 15.2 Å². The van der Waals surface area contributed by atoms with Crippen molar-refractivity contribution in [1.29, 1.82) is 0 Å². The van der Waals surface area contributed by atoms with E-state index >= 15 is 0 Å². The van der Waals surface area contributed by atoms with E-state index in [1.54, 1.807) is 0 Å². The topological polar surface area (TPSA) is 61.5 Å². The summed E-state index contributed by atoms with van der Waals surface area (Å²) in [5.41, 5.74) is 5.21. The Balaban J connectivity index is 2.42. The fourth-order valence-electron chi connectivity index (χ4n) is 1.61. The molecule has 0 saturated heterocycles. The van der Waals surface area contributed by atoms with Crippen molar-refractivity contribution >= 4 is 11.7 Å². The van der Waals surface area contributed by atoms with Crippen LogP contribution in [0.2, 0.25) is 0 Å². The van der Waals surface area contributed by atoms with Gasteiger partial charge in [-0.1, -0.05) is 0 Å². The maximum absolute atomic E-state index is 13.7. The highest BCUT2D eigenvalue weighted by Gasteiger charge is 2.17. The minimum absolute atomic E-state index is 0.128. The van der Waals surface area contributed by atoms with E-state index in [1.165, 1.54) is 0 Å². The van der Waals surface area contributed by atoms with Crippen LogP contribution in [-0.2, 0) is 4.74 Å². The third kappa shape index (κ3) is 3.07. The minimum Gasteiger partial charge on any atom is -0.465 e. The molecule has 0 heterocycles. The van der Waals surface area contributed by atoms with E-state index in [0.29, 0.717) is 6.07 Å². The Hall–Kier alpha value is -2.70. The van der Waals surface area contributed by atoms with Crippen molar-refractivity contribution in [2.24, 2.45) is 0 Å². The third-order valence-corrected chi connectivity index (χ3v) is 2.62. The number of methoxy groups -OCH3 is 1. The van der Waals surface area contributed by atoms with Gasteiger partial charge in [-0.25, -0.2) is 18.0 Å². The number of esters is 1. The summed E-state index contributed by atoms with van der Waals surface area (Å²) in [4.78, 5) is 11.5. The maximum atomic E-state index is 13.7. The summed E-state index contributed by atoms with van der Waals surface area (Å²) in [5, 5.41) is 0. The minimum atomic E-state index is -1.01. The highest BCUT2D eigenvalue weighted by molar-refractivity contribution is 5.95. The van der Waals surface area contributed by atoms with Crippen LogP contribution in [0.1, 0.15) is 10.4 Å². The zero-order valence-corrected chi connectivity index (χ0v) is 10.8. The Kier molecular flexibility index (Phi) is 4.02. The lowest BCUT2D eigenvalue weighted by molar-refractivity contribution is 0.0601. The Labute approximate surface area is 117 Å². The van der Waals surface area contributed by atoms with Crippen molar-refractivity contribution in [2.75, 3.05) is 12.8 Å². The second-order valence-corrected chi connectivity index (χ2v) is 4.04. The van der Waals surface area contributed by atoms with E-state index < -0.39 is 34.9 Å². The fourth-order valence-corrected chi connectivity index (χ4v) is 1.61. The van der Waals surface area contributed by atoms with Crippen LogP contribution in [0.25, 0.3) is 0 Å². The normalized spacial score (nSPS) is 10.3. The van der Waals surface area contributed by atoms with Gasteiger partial charge in [0, 0.05) is 23.9 Å². The number of carbonyl (C=O) groups is 1. The van der Waals surface area contributed by atoms with Gasteiger partial charge >= 0.3 is 5.97 Å². The molecule has 7 heteroatoms. The molecule has 110 valence electrons. The molecule has 0 fully saturated rings. The molecule has 0 unspecified atom stereocenters. The van der Waals surface area contributed by atoms with Gasteiger partial charge in [-0.2, -0.15) is 0 Å². The van der Waals surface area contributed by atoms with Crippen LogP contribution < -0.4 is 10.5 Å². The molecule has 0 aliphatic rings. The first-order valence-corrected chi connectivity index (χ1v) is 5.72. The van der Waals surface area contributed by atoms with Gasteiger partial charge in [0.05, 0.1) is 12.7 Å². The average molecular weight is 297 g/mol. The monoisotopic (exact) mass is 297 g/mol. The number of halogens is 3. The van der Waals surface area contributed by atoms with Gasteiger partial charge in [0.25, 0.3) is 0 Å². The molecule has 2 N–H and O–H groups in total. The van der Waals surface area contributed by atoms with E-state index in [9.17, 15) is 18.0 Å². The molecule has 0 aromatic heterocycles. The van der Waals surface area contributed by atoms with Crippen LogP contribution in [0, 0.1) is 17.5 Å². The Morgan fingerprint density at radius 1 is 1.05 bits per heavy atom. The van der Waals surface area contributed by atoms with Crippen molar-refractivity contribution < 1.29 is 27.4 Å². The lowest BCUT2D eigenvalue weighted by Crippen LogP contribution is -2.07. The van der Waals surface area contributed by atoms with Crippen molar-refractivity contribution in [2.45, 2.75) is 0 Å². The molecule has 0 spiro atoms. The summed E-state index contributed by atoms with van der Waals surface area (Å²) in [6.45, 7) is 0. The maximum Gasteiger partial charge on any atom is 0.340 e. The predicted octanol–water partition coefficient (Wildman–Crippen LogP) is 3.27. The number of hydrogen-bond donors (Lipinski definition) is 1. The predicted molar refractivity (Wildman–Crippen MR) is 68.6 cm³/mol. The summed E-state index contributed by atoms with van der Waals surface area (Å²) < 4.78 is 49.5. The number of anilines is 1.